The molecule has 2 rings (SSSR count). The molecule has 0 radical (unpaired) electrons. The Hall–Kier alpha value is -1.28. The fourth-order valence-corrected chi connectivity index (χ4v) is 1.60. The number of hydrogen-bond donors (Lipinski definition) is 0. The number of nitrogens with zero attached hydrogens (tertiary/aromatic N) is 2. The molecule has 0 unspecified atom stereocenters. The molecule has 16 heavy (non-hydrogen) atoms. The first-order chi connectivity index (χ1) is 7.90. The van der Waals surface area contributed by atoms with Gasteiger partial charge in [-0.1, -0.05) is 44.2 Å². The smallest absolute Gasteiger partial charge is 0.0951 e. The summed E-state index contributed by atoms with van der Waals surface area (Å²) in [5.41, 5.74) is 2.31. The van der Waals surface area contributed by atoms with Gasteiger partial charge in [-0.2, -0.15) is 0 Å². The Balaban J connectivity index is 0.000000606. The summed E-state index contributed by atoms with van der Waals surface area (Å²) in [4.78, 5) is 4.07. The van der Waals surface area contributed by atoms with Crippen molar-refractivity contribution >= 4 is 11.6 Å². The zero-order valence-electron chi connectivity index (χ0n) is 9.73. The van der Waals surface area contributed by atoms with Crippen LogP contribution in [0.3, 0.4) is 0 Å². The largest absolute Gasteiger partial charge is 0.329 e. The molecular formula is C13H17ClN2. The molecule has 0 fully saturated rings. The molecule has 1 aromatic carbocycles. The monoisotopic (exact) mass is 236 g/mol. The average molecular weight is 237 g/mol. The van der Waals surface area contributed by atoms with Crippen LogP contribution in [0.1, 0.15) is 25.1 Å². The first-order valence-corrected chi connectivity index (χ1v) is 6.02. The van der Waals surface area contributed by atoms with E-state index >= 15 is 0 Å². The van der Waals surface area contributed by atoms with Crippen molar-refractivity contribution in [1.82, 2.24) is 9.55 Å². The van der Waals surface area contributed by atoms with Gasteiger partial charge in [0.15, 0.2) is 0 Å². The van der Waals surface area contributed by atoms with Gasteiger partial charge in [-0.25, -0.2) is 4.98 Å². The maximum Gasteiger partial charge on any atom is 0.0951 e. The Labute approximate surface area is 102 Å². The predicted octanol–water partition coefficient (Wildman–Crippen LogP) is 3.70. The summed E-state index contributed by atoms with van der Waals surface area (Å²) in [6.07, 6.45) is 3.61. The van der Waals surface area contributed by atoms with Crippen LogP contribution < -0.4 is 0 Å². The van der Waals surface area contributed by atoms with Crippen molar-refractivity contribution in [2.24, 2.45) is 0 Å². The lowest BCUT2D eigenvalue weighted by molar-refractivity contribution is 0.765. The molecule has 0 atom stereocenters. The average Bonchev–Trinajstić information content (AvgIpc) is 2.80. The summed E-state index contributed by atoms with van der Waals surface area (Å²) in [5, 5.41) is 0. The summed E-state index contributed by atoms with van der Waals surface area (Å²) < 4.78 is 2.06. The normalized spacial score (nSPS) is 9.44. The first kappa shape index (κ1) is 12.8. The lowest BCUT2D eigenvalue weighted by Gasteiger charge is -2.05. The van der Waals surface area contributed by atoms with Gasteiger partial charge in [0, 0.05) is 12.7 Å². The van der Waals surface area contributed by atoms with Gasteiger partial charge in [-0.3, -0.25) is 0 Å². The Kier molecular flexibility index (Phi) is 5.65. The molecule has 0 aliphatic heterocycles. The molecule has 3 heteroatoms. The molecule has 0 bridgehead atoms. The van der Waals surface area contributed by atoms with Crippen molar-refractivity contribution in [3.63, 3.8) is 0 Å². The molecule has 1 heterocycles. The van der Waals surface area contributed by atoms with Gasteiger partial charge < -0.3 is 4.57 Å². The molecule has 1 aromatic heterocycles. The lowest BCUT2D eigenvalue weighted by Crippen LogP contribution is -2.01. The van der Waals surface area contributed by atoms with E-state index in [4.69, 9.17) is 11.6 Å². The van der Waals surface area contributed by atoms with Gasteiger partial charge in [-0.05, 0) is 5.56 Å². The maximum absolute atomic E-state index is 5.78. The minimum Gasteiger partial charge on any atom is -0.329 e. The Morgan fingerprint density at radius 2 is 1.88 bits per heavy atom. The van der Waals surface area contributed by atoms with Crippen LogP contribution in [-0.4, -0.2) is 9.55 Å². The van der Waals surface area contributed by atoms with E-state index in [9.17, 15) is 0 Å². The number of imidazole rings is 1. The van der Waals surface area contributed by atoms with Crippen LogP contribution in [0.15, 0.2) is 42.9 Å². The zero-order valence-corrected chi connectivity index (χ0v) is 10.5. The molecule has 86 valence electrons. The van der Waals surface area contributed by atoms with Crippen LogP contribution in [0, 0.1) is 0 Å². The predicted molar refractivity (Wildman–Crippen MR) is 68.7 cm³/mol. The lowest BCUT2D eigenvalue weighted by atomic mass is 10.2. The topological polar surface area (TPSA) is 17.8 Å². The molecule has 2 aromatic rings. The molecule has 0 aliphatic rings. The van der Waals surface area contributed by atoms with E-state index < -0.39 is 0 Å². The second-order valence-electron chi connectivity index (χ2n) is 3.13. The summed E-state index contributed by atoms with van der Waals surface area (Å²) in [6.45, 7) is 4.84. The molecule has 0 aliphatic carbocycles. The van der Waals surface area contributed by atoms with Crippen LogP contribution in [0.25, 0.3) is 0 Å². The second-order valence-corrected chi connectivity index (χ2v) is 3.40. The second kappa shape index (κ2) is 7.07. The van der Waals surface area contributed by atoms with E-state index in [0.717, 1.165) is 12.2 Å². The molecule has 0 saturated carbocycles. The molecular weight excluding hydrogens is 220 g/mol. The van der Waals surface area contributed by atoms with Crippen LogP contribution in [0.2, 0.25) is 0 Å². The number of aromatic nitrogens is 2. The Bertz CT molecular complexity index is 395. The van der Waals surface area contributed by atoms with E-state index in [1.54, 1.807) is 6.20 Å². The highest BCUT2D eigenvalue weighted by Gasteiger charge is 2.00. The molecule has 0 N–H and O–H groups in total. The van der Waals surface area contributed by atoms with Crippen LogP contribution >= 0.6 is 11.6 Å². The minimum atomic E-state index is 0.507. The number of alkyl halides is 1. The van der Waals surface area contributed by atoms with Gasteiger partial charge in [0.1, 0.15) is 0 Å². The number of benzene rings is 1. The molecule has 0 saturated heterocycles. The zero-order chi connectivity index (χ0) is 11.8. The van der Waals surface area contributed by atoms with E-state index in [1.165, 1.54) is 5.56 Å². The van der Waals surface area contributed by atoms with Crippen LogP contribution in [0.4, 0.5) is 0 Å². The van der Waals surface area contributed by atoms with E-state index in [2.05, 4.69) is 21.7 Å². The highest BCUT2D eigenvalue weighted by Crippen LogP contribution is 2.07. The van der Waals surface area contributed by atoms with Crippen molar-refractivity contribution in [3.8, 4) is 0 Å². The standard InChI is InChI=1S/C11H11ClN2.C2H6/c12-6-11-7-13-9-14(11)8-10-4-2-1-3-5-10;1-2/h1-5,7,9H,6,8H2;1-2H3. The molecule has 2 nitrogen and oxygen atoms in total. The summed E-state index contributed by atoms with van der Waals surface area (Å²) >= 11 is 5.78. The highest BCUT2D eigenvalue weighted by atomic mass is 35.5. The van der Waals surface area contributed by atoms with Gasteiger partial charge >= 0.3 is 0 Å². The first-order valence-electron chi connectivity index (χ1n) is 5.49. The summed E-state index contributed by atoms with van der Waals surface area (Å²) in [5.74, 6) is 0.507. The van der Waals surface area contributed by atoms with Gasteiger partial charge in [-0.15, -0.1) is 11.6 Å². The Morgan fingerprint density at radius 3 is 2.50 bits per heavy atom. The van der Waals surface area contributed by atoms with E-state index in [1.807, 2.05) is 38.4 Å². The van der Waals surface area contributed by atoms with Gasteiger partial charge in [0.05, 0.1) is 17.9 Å². The quantitative estimate of drug-likeness (QED) is 0.744. The van der Waals surface area contributed by atoms with Gasteiger partial charge in [0.25, 0.3) is 0 Å². The number of rotatable bonds is 3. The van der Waals surface area contributed by atoms with Crippen molar-refractivity contribution in [2.45, 2.75) is 26.3 Å². The number of halogens is 1. The molecule has 0 spiro atoms. The van der Waals surface area contributed by atoms with Crippen molar-refractivity contribution < 1.29 is 0 Å². The third-order valence-corrected chi connectivity index (χ3v) is 2.41. The van der Waals surface area contributed by atoms with Crippen molar-refractivity contribution in [1.29, 1.82) is 0 Å². The fourth-order valence-electron chi connectivity index (χ4n) is 1.38. The van der Waals surface area contributed by atoms with Crippen LogP contribution in [-0.2, 0) is 12.4 Å². The third-order valence-electron chi connectivity index (χ3n) is 2.13. The SMILES string of the molecule is CC.ClCc1cncn1Cc1ccccc1. The number of hydrogen-bond acceptors (Lipinski definition) is 1. The van der Waals surface area contributed by atoms with Crippen LogP contribution in [0.5, 0.6) is 0 Å². The third kappa shape index (κ3) is 3.38. The summed E-state index contributed by atoms with van der Waals surface area (Å²) in [6, 6.07) is 10.3. The maximum atomic E-state index is 5.78. The van der Waals surface area contributed by atoms with Crippen molar-refractivity contribution in [2.75, 3.05) is 0 Å². The van der Waals surface area contributed by atoms with E-state index in [0.29, 0.717) is 5.88 Å². The fraction of sp³-hybridized carbons (Fsp3) is 0.308. The van der Waals surface area contributed by atoms with Crippen molar-refractivity contribution in [3.05, 3.63) is 54.1 Å². The summed E-state index contributed by atoms with van der Waals surface area (Å²) in [7, 11) is 0. The minimum absolute atomic E-state index is 0.507. The van der Waals surface area contributed by atoms with E-state index in [-0.39, 0.29) is 0 Å². The molecule has 0 amide bonds. The van der Waals surface area contributed by atoms with Gasteiger partial charge in [0.2, 0.25) is 0 Å². The Morgan fingerprint density at radius 1 is 1.19 bits per heavy atom. The highest BCUT2D eigenvalue weighted by molar-refractivity contribution is 6.16.